The number of hydrogen-bond acceptors (Lipinski definition) is 6. The predicted molar refractivity (Wildman–Crippen MR) is 105 cm³/mol. The Bertz CT molecular complexity index is 884. The minimum absolute atomic E-state index is 0.208. The van der Waals surface area contributed by atoms with Crippen LogP contribution in [0.15, 0.2) is 40.7 Å². The third-order valence-corrected chi connectivity index (χ3v) is 5.55. The number of nitrogens with zero attached hydrogens (tertiary/aromatic N) is 4. The maximum Gasteiger partial charge on any atom is 0.227 e. The van der Waals surface area contributed by atoms with Gasteiger partial charge in [-0.2, -0.15) is 4.98 Å². The van der Waals surface area contributed by atoms with E-state index in [1.165, 1.54) is 11.8 Å². The van der Waals surface area contributed by atoms with Gasteiger partial charge in [-0.25, -0.2) is 4.68 Å². The fourth-order valence-electron chi connectivity index (χ4n) is 3.74. The van der Waals surface area contributed by atoms with Crippen molar-refractivity contribution in [3.05, 3.63) is 41.1 Å². The fourth-order valence-corrected chi connectivity index (χ4v) is 4.08. The zero-order chi connectivity index (χ0) is 18.4. The Morgan fingerprint density at radius 1 is 1.23 bits per heavy atom. The molecular formula is C19H23N5OS. The van der Waals surface area contributed by atoms with Crippen LogP contribution in [0.5, 0.6) is 0 Å². The zero-order valence-electron chi connectivity index (χ0n) is 15.5. The average Bonchev–Trinajstić information content (AvgIpc) is 3.02. The second kappa shape index (κ2) is 6.46. The summed E-state index contributed by atoms with van der Waals surface area (Å²) in [6.07, 6.45) is 3.42. The summed E-state index contributed by atoms with van der Waals surface area (Å²) < 4.78 is 1.86. The second-order valence-electron chi connectivity index (χ2n) is 7.21. The van der Waals surface area contributed by atoms with Crippen LogP contribution in [0.1, 0.15) is 31.4 Å². The van der Waals surface area contributed by atoms with Crippen LogP contribution in [0.4, 0.5) is 11.6 Å². The predicted octanol–water partition coefficient (Wildman–Crippen LogP) is 3.33. The number of fused-ring (bicyclic) bond motifs is 1. The lowest BCUT2D eigenvalue weighted by Gasteiger charge is -2.34. The summed E-state index contributed by atoms with van der Waals surface area (Å²) in [5.74, 6) is 1.27. The van der Waals surface area contributed by atoms with Gasteiger partial charge < -0.3 is 10.2 Å². The smallest absolute Gasteiger partial charge is 0.227 e. The van der Waals surface area contributed by atoms with Crippen LogP contribution in [0.25, 0.3) is 0 Å². The van der Waals surface area contributed by atoms with Crippen LogP contribution in [0.2, 0.25) is 0 Å². The summed E-state index contributed by atoms with van der Waals surface area (Å²) in [4.78, 5) is 19.6. The first kappa shape index (κ1) is 17.1. The molecule has 1 N–H and O–H groups in total. The molecule has 0 spiro atoms. The molecule has 0 radical (unpaired) electrons. The SMILES string of the molecule is CSc1nc2n(n1)[C@@H](c1ccc(N(C)C)cc1)C1=C(C[C@H](C)CC1=O)N2. The first-order chi connectivity index (χ1) is 12.5. The molecule has 0 bridgehead atoms. The molecule has 4 rings (SSSR count). The van der Waals surface area contributed by atoms with Gasteiger partial charge in [0.1, 0.15) is 6.04 Å². The molecule has 0 amide bonds. The van der Waals surface area contributed by atoms with Crippen molar-refractivity contribution >= 4 is 29.2 Å². The molecule has 0 saturated carbocycles. The van der Waals surface area contributed by atoms with Gasteiger partial charge in [0.25, 0.3) is 0 Å². The van der Waals surface area contributed by atoms with Crippen molar-refractivity contribution in [2.75, 3.05) is 30.6 Å². The number of aromatic nitrogens is 3. The molecule has 1 aliphatic heterocycles. The van der Waals surface area contributed by atoms with Crippen LogP contribution in [-0.4, -0.2) is 40.9 Å². The number of benzene rings is 1. The van der Waals surface area contributed by atoms with E-state index in [0.29, 0.717) is 17.5 Å². The normalized spacial score (nSPS) is 21.9. The monoisotopic (exact) mass is 369 g/mol. The van der Waals surface area contributed by atoms with Gasteiger partial charge in [0.2, 0.25) is 11.1 Å². The average molecular weight is 369 g/mol. The van der Waals surface area contributed by atoms with Gasteiger partial charge in [-0.1, -0.05) is 30.8 Å². The molecule has 26 heavy (non-hydrogen) atoms. The molecule has 0 unspecified atom stereocenters. The number of ketones is 1. The Morgan fingerprint density at radius 3 is 2.62 bits per heavy atom. The van der Waals surface area contributed by atoms with E-state index in [1.54, 1.807) is 0 Å². The van der Waals surface area contributed by atoms with Crippen molar-refractivity contribution < 1.29 is 4.79 Å². The molecule has 0 saturated heterocycles. The maximum absolute atomic E-state index is 12.9. The molecule has 0 fully saturated rings. The Kier molecular flexibility index (Phi) is 4.26. The summed E-state index contributed by atoms with van der Waals surface area (Å²) >= 11 is 1.51. The molecule has 2 heterocycles. The number of hydrogen-bond donors (Lipinski definition) is 1. The van der Waals surface area contributed by atoms with Crippen LogP contribution in [-0.2, 0) is 4.79 Å². The van der Waals surface area contributed by atoms with E-state index in [1.807, 2.05) is 25.0 Å². The van der Waals surface area contributed by atoms with Gasteiger partial charge in [0.05, 0.1) is 0 Å². The number of thioether (sulfide) groups is 1. The zero-order valence-corrected chi connectivity index (χ0v) is 16.3. The quantitative estimate of drug-likeness (QED) is 0.838. The van der Waals surface area contributed by atoms with E-state index < -0.39 is 0 Å². The molecule has 2 aromatic rings. The van der Waals surface area contributed by atoms with Crippen LogP contribution in [0.3, 0.4) is 0 Å². The van der Waals surface area contributed by atoms with E-state index in [9.17, 15) is 4.79 Å². The highest BCUT2D eigenvalue weighted by Gasteiger charge is 2.38. The minimum Gasteiger partial charge on any atom is -0.378 e. The molecule has 2 aliphatic rings. The first-order valence-electron chi connectivity index (χ1n) is 8.79. The molecular weight excluding hydrogens is 346 g/mol. The van der Waals surface area contributed by atoms with Crippen LogP contribution in [0, 0.1) is 5.92 Å². The van der Waals surface area contributed by atoms with Crippen molar-refractivity contribution in [3.8, 4) is 0 Å². The van der Waals surface area contributed by atoms with Crippen molar-refractivity contribution in [1.82, 2.24) is 14.8 Å². The fraction of sp³-hybridized carbons (Fsp3) is 0.421. The van der Waals surface area contributed by atoms with Crippen molar-refractivity contribution in [3.63, 3.8) is 0 Å². The van der Waals surface area contributed by atoms with Gasteiger partial charge in [0, 0.05) is 37.5 Å². The van der Waals surface area contributed by atoms with Crippen molar-refractivity contribution in [2.45, 2.75) is 31.0 Å². The first-order valence-corrected chi connectivity index (χ1v) is 10.0. The second-order valence-corrected chi connectivity index (χ2v) is 7.98. The largest absolute Gasteiger partial charge is 0.378 e. The third kappa shape index (κ3) is 2.80. The molecule has 136 valence electrons. The van der Waals surface area contributed by atoms with Gasteiger partial charge in [0.15, 0.2) is 5.78 Å². The summed E-state index contributed by atoms with van der Waals surface area (Å²) in [7, 11) is 4.04. The lowest BCUT2D eigenvalue weighted by atomic mass is 9.81. The molecule has 2 atom stereocenters. The highest BCUT2D eigenvalue weighted by molar-refractivity contribution is 7.98. The van der Waals surface area contributed by atoms with Gasteiger partial charge in [-0.05, 0) is 36.3 Å². The lowest BCUT2D eigenvalue weighted by molar-refractivity contribution is -0.117. The Labute approximate surface area is 157 Å². The third-order valence-electron chi connectivity index (χ3n) is 5.01. The highest BCUT2D eigenvalue weighted by Crippen LogP contribution is 2.41. The minimum atomic E-state index is -0.217. The van der Waals surface area contributed by atoms with Crippen LogP contribution >= 0.6 is 11.8 Å². The maximum atomic E-state index is 12.9. The van der Waals surface area contributed by atoms with E-state index in [2.05, 4.69) is 51.5 Å². The van der Waals surface area contributed by atoms with E-state index in [4.69, 9.17) is 0 Å². The Balaban J connectivity index is 1.85. The lowest BCUT2D eigenvalue weighted by Crippen LogP contribution is -2.33. The number of Topliss-reactive ketones (excluding diaryl/α,β-unsaturated/α-hetero) is 1. The van der Waals surface area contributed by atoms with Crippen molar-refractivity contribution in [2.24, 2.45) is 5.92 Å². The summed E-state index contributed by atoms with van der Waals surface area (Å²) in [6, 6.07) is 8.13. The Hall–Kier alpha value is -2.28. The number of rotatable bonds is 3. The molecule has 1 aliphatic carbocycles. The van der Waals surface area contributed by atoms with E-state index in [0.717, 1.165) is 34.9 Å². The summed E-state index contributed by atoms with van der Waals surface area (Å²) in [5, 5.41) is 8.72. The van der Waals surface area contributed by atoms with E-state index >= 15 is 0 Å². The number of carbonyl (C=O) groups is 1. The van der Waals surface area contributed by atoms with E-state index in [-0.39, 0.29) is 11.8 Å². The summed E-state index contributed by atoms with van der Waals surface area (Å²) in [5.41, 5.74) is 4.03. The summed E-state index contributed by atoms with van der Waals surface area (Å²) in [6.45, 7) is 2.12. The molecule has 1 aromatic carbocycles. The standard InChI is InChI=1S/C19H23N5OS/c1-11-9-14-16(15(25)10-11)17(12-5-7-13(8-6-12)23(2)3)24-18(20-14)21-19(22-24)26-4/h5-8,11,17H,9-10H2,1-4H3,(H,20,21,22)/t11-,17-/m0/s1. The number of allylic oxidation sites excluding steroid dienone is 2. The van der Waals surface area contributed by atoms with Gasteiger partial charge >= 0.3 is 0 Å². The van der Waals surface area contributed by atoms with Gasteiger partial charge in [-0.3, -0.25) is 4.79 Å². The van der Waals surface area contributed by atoms with Crippen LogP contribution < -0.4 is 10.2 Å². The Morgan fingerprint density at radius 2 is 1.96 bits per heavy atom. The number of nitrogens with one attached hydrogen (secondary N) is 1. The van der Waals surface area contributed by atoms with Crippen molar-refractivity contribution in [1.29, 1.82) is 0 Å². The molecule has 7 heteroatoms. The molecule has 1 aromatic heterocycles. The molecule has 6 nitrogen and oxygen atoms in total. The van der Waals surface area contributed by atoms with Gasteiger partial charge in [-0.15, -0.1) is 5.10 Å². The number of carbonyl (C=O) groups excluding carboxylic acids is 1. The topological polar surface area (TPSA) is 63.1 Å². The number of anilines is 2. The highest BCUT2D eigenvalue weighted by atomic mass is 32.2.